The van der Waals surface area contributed by atoms with Crippen LogP contribution in [0, 0.1) is 17.8 Å². The van der Waals surface area contributed by atoms with Gasteiger partial charge >= 0.3 is 5.97 Å². The molecule has 138 valence electrons. The third-order valence-corrected chi connectivity index (χ3v) is 6.40. The molecule has 1 heterocycles. The summed E-state index contributed by atoms with van der Waals surface area (Å²) in [4.78, 5) is 16.5. The van der Waals surface area contributed by atoms with Crippen LogP contribution in [0.15, 0.2) is 30.3 Å². The van der Waals surface area contributed by atoms with Gasteiger partial charge < -0.3 is 9.64 Å². The zero-order chi connectivity index (χ0) is 18.0. The SMILES string of the molecule is CCN(CC)[C@H]1[C@H](COC(C)=O)[C@@H]2CN(Cc3ccccc3)[C@@H](C)[C@@H]21. The molecule has 5 atom stereocenters. The predicted molar refractivity (Wildman–Crippen MR) is 100 cm³/mol. The van der Waals surface area contributed by atoms with Gasteiger partial charge in [-0.3, -0.25) is 9.69 Å². The first-order chi connectivity index (χ1) is 12.1. The molecular weight excluding hydrogens is 312 g/mol. The molecule has 25 heavy (non-hydrogen) atoms. The van der Waals surface area contributed by atoms with E-state index in [-0.39, 0.29) is 5.97 Å². The van der Waals surface area contributed by atoms with Gasteiger partial charge in [0.15, 0.2) is 0 Å². The average molecular weight is 344 g/mol. The van der Waals surface area contributed by atoms with Crippen LogP contribution in [-0.2, 0) is 16.1 Å². The molecular formula is C21H32N2O2. The lowest BCUT2D eigenvalue weighted by atomic mass is 9.60. The summed E-state index contributed by atoms with van der Waals surface area (Å²) >= 11 is 0. The summed E-state index contributed by atoms with van der Waals surface area (Å²) in [5.74, 6) is 1.64. The van der Waals surface area contributed by atoms with E-state index in [0.717, 1.165) is 26.2 Å². The fraction of sp³-hybridized carbons (Fsp3) is 0.667. The Morgan fingerprint density at radius 1 is 1.24 bits per heavy atom. The molecule has 1 aromatic carbocycles. The first kappa shape index (κ1) is 18.4. The van der Waals surface area contributed by atoms with Gasteiger partial charge in [-0.25, -0.2) is 0 Å². The molecule has 1 aromatic rings. The van der Waals surface area contributed by atoms with Crippen molar-refractivity contribution in [3.8, 4) is 0 Å². The number of rotatable bonds is 7. The van der Waals surface area contributed by atoms with Gasteiger partial charge in [-0.15, -0.1) is 0 Å². The average Bonchev–Trinajstić information content (AvgIpc) is 2.86. The van der Waals surface area contributed by atoms with Crippen molar-refractivity contribution in [1.29, 1.82) is 0 Å². The van der Waals surface area contributed by atoms with E-state index in [1.807, 2.05) is 0 Å². The second-order valence-corrected chi connectivity index (χ2v) is 7.58. The molecule has 1 saturated heterocycles. The molecule has 2 aliphatic rings. The van der Waals surface area contributed by atoms with Crippen LogP contribution in [-0.4, -0.2) is 54.1 Å². The zero-order valence-corrected chi connectivity index (χ0v) is 16.0. The Balaban J connectivity index is 1.73. The summed E-state index contributed by atoms with van der Waals surface area (Å²) in [6.45, 7) is 13.2. The van der Waals surface area contributed by atoms with Crippen molar-refractivity contribution < 1.29 is 9.53 Å². The van der Waals surface area contributed by atoms with Crippen LogP contribution >= 0.6 is 0 Å². The third-order valence-electron chi connectivity index (χ3n) is 6.40. The fourth-order valence-electron chi connectivity index (χ4n) is 5.13. The van der Waals surface area contributed by atoms with Crippen molar-refractivity contribution in [1.82, 2.24) is 9.80 Å². The molecule has 4 nitrogen and oxygen atoms in total. The molecule has 1 saturated carbocycles. The van der Waals surface area contributed by atoms with Crippen LogP contribution in [0.2, 0.25) is 0 Å². The normalized spacial score (nSPS) is 31.6. The lowest BCUT2D eigenvalue weighted by molar-refractivity contribution is -0.149. The van der Waals surface area contributed by atoms with Crippen LogP contribution < -0.4 is 0 Å². The zero-order valence-electron chi connectivity index (χ0n) is 16.0. The lowest BCUT2D eigenvalue weighted by Gasteiger charge is -2.54. The molecule has 4 heteroatoms. The van der Waals surface area contributed by atoms with Crippen LogP contribution in [0.4, 0.5) is 0 Å². The number of benzene rings is 1. The Bertz CT molecular complexity index is 573. The van der Waals surface area contributed by atoms with E-state index in [0.29, 0.717) is 36.4 Å². The smallest absolute Gasteiger partial charge is 0.302 e. The van der Waals surface area contributed by atoms with E-state index < -0.39 is 0 Å². The van der Waals surface area contributed by atoms with E-state index in [1.165, 1.54) is 12.5 Å². The van der Waals surface area contributed by atoms with Gasteiger partial charge in [0.05, 0.1) is 6.61 Å². The van der Waals surface area contributed by atoms with Gasteiger partial charge in [-0.1, -0.05) is 44.2 Å². The van der Waals surface area contributed by atoms with Gasteiger partial charge in [0.2, 0.25) is 0 Å². The largest absolute Gasteiger partial charge is 0.466 e. The molecule has 0 radical (unpaired) electrons. The Morgan fingerprint density at radius 3 is 2.52 bits per heavy atom. The predicted octanol–water partition coefficient (Wildman–Crippen LogP) is 3.03. The van der Waals surface area contributed by atoms with Crippen molar-refractivity contribution >= 4 is 5.97 Å². The Labute approximate surface area is 152 Å². The maximum Gasteiger partial charge on any atom is 0.302 e. The molecule has 3 rings (SSSR count). The number of fused-ring (bicyclic) bond motifs is 1. The van der Waals surface area contributed by atoms with Crippen LogP contribution in [0.25, 0.3) is 0 Å². The molecule has 0 bridgehead atoms. The second kappa shape index (κ2) is 7.88. The first-order valence-corrected chi connectivity index (χ1v) is 9.72. The van der Waals surface area contributed by atoms with E-state index in [1.54, 1.807) is 0 Å². The standard InChI is InChI=1S/C21H32N2O2/c1-5-22(6-2)21-19(14-25-16(4)24)18-13-23(15(3)20(18)21)12-17-10-8-7-9-11-17/h7-11,15,18-21H,5-6,12-14H2,1-4H3/t15-,18-,19+,20-,21-/m0/s1. The fourth-order valence-corrected chi connectivity index (χ4v) is 5.13. The maximum atomic E-state index is 11.3. The molecule has 0 amide bonds. The van der Waals surface area contributed by atoms with Crippen molar-refractivity contribution in [2.24, 2.45) is 17.8 Å². The number of carbonyl (C=O) groups is 1. The van der Waals surface area contributed by atoms with Gasteiger partial charge in [0.1, 0.15) is 0 Å². The highest BCUT2D eigenvalue weighted by molar-refractivity contribution is 5.65. The van der Waals surface area contributed by atoms with Gasteiger partial charge in [-0.2, -0.15) is 0 Å². The van der Waals surface area contributed by atoms with Crippen LogP contribution in [0.1, 0.15) is 33.3 Å². The molecule has 1 aliphatic carbocycles. The molecule has 1 aliphatic heterocycles. The number of esters is 1. The van der Waals surface area contributed by atoms with Crippen molar-refractivity contribution in [2.45, 2.75) is 46.3 Å². The topological polar surface area (TPSA) is 32.8 Å². The Morgan fingerprint density at radius 2 is 1.92 bits per heavy atom. The molecule has 0 spiro atoms. The number of likely N-dealkylation sites (tertiary alicyclic amines) is 1. The van der Waals surface area contributed by atoms with Gasteiger partial charge in [0, 0.05) is 38.0 Å². The van der Waals surface area contributed by atoms with Crippen LogP contribution in [0.3, 0.4) is 0 Å². The number of ether oxygens (including phenoxy) is 1. The van der Waals surface area contributed by atoms with Crippen molar-refractivity contribution in [3.05, 3.63) is 35.9 Å². The first-order valence-electron chi connectivity index (χ1n) is 9.72. The minimum atomic E-state index is -0.158. The summed E-state index contributed by atoms with van der Waals surface area (Å²) in [5, 5.41) is 0. The molecule has 0 N–H and O–H groups in total. The summed E-state index contributed by atoms with van der Waals surface area (Å²) in [6.07, 6.45) is 0. The second-order valence-electron chi connectivity index (χ2n) is 7.58. The molecule has 2 fully saturated rings. The highest BCUT2D eigenvalue weighted by atomic mass is 16.5. The van der Waals surface area contributed by atoms with Crippen molar-refractivity contribution in [2.75, 3.05) is 26.2 Å². The van der Waals surface area contributed by atoms with E-state index in [2.05, 4.69) is 60.9 Å². The summed E-state index contributed by atoms with van der Waals surface area (Å²) in [5.41, 5.74) is 1.38. The minimum Gasteiger partial charge on any atom is -0.466 e. The Hall–Kier alpha value is -1.39. The van der Waals surface area contributed by atoms with Crippen LogP contribution in [0.5, 0.6) is 0 Å². The van der Waals surface area contributed by atoms with E-state index >= 15 is 0 Å². The van der Waals surface area contributed by atoms with E-state index in [4.69, 9.17) is 4.74 Å². The molecule has 0 aromatic heterocycles. The van der Waals surface area contributed by atoms with Gasteiger partial charge in [-0.05, 0) is 37.4 Å². The summed E-state index contributed by atoms with van der Waals surface area (Å²) in [6, 6.07) is 11.8. The molecule has 0 unspecified atom stereocenters. The van der Waals surface area contributed by atoms with Gasteiger partial charge in [0.25, 0.3) is 0 Å². The number of hydrogen-bond donors (Lipinski definition) is 0. The minimum absolute atomic E-state index is 0.158. The quantitative estimate of drug-likeness (QED) is 0.712. The third kappa shape index (κ3) is 3.61. The maximum absolute atomic E-state index is 11.3. The summed E-state index contributed by atoms with van der Waals surface area (Å²) < 4.78 is 5.43. The van der Waals surface area contributed by atoms with Crippen molar-refractivity contribution in [3.63, 3.8) is 0 Å². The number of carbonyl (C=O) groups excluding carboxylic acids is 1. The number of hydrogen-bond acceptors (Lipinski definition) is 4. The van der Waals surface area contributed by atoms with E-state index in [9.17, 15) is 4.79 Å². The number of nitrogens with zero attached hydrogens (tertiary/aromatic N) is 2. The highest BCUT2D eigenvalue weighted by Gasteiger charge is 2.59. The highest BCUT2D eigenvalue weighted by Crippen LogP contribution is 2.52. The monoisotopic (exact) mass is 344 g/mol. The summed E-state index contributed by atoms with van der Waals surface area (Å²) in [7, 11) is 0. The Kier molecular flexibility index (Phi) is 5.80. The lowest BCUT2D eigenvalue weighted by Crippen LogP contribution is -2.62.